The molecule has 0 aliphatic rings. The van der Waals surface area contributed by atoms with Crippen molar-refractivity contribution in [1.29, 1.82) is 0 Å². The lowest BCUT2D eigenvalue weighted by molar-refractivity contribution is -0.137. The summed E-state index contributed by atoms with van der Waals surface area (Å²) in [5.74, 6) is 1.08. The number of benzene rings is 2. The molecule has 2 heterocycles. The molecule has 29 heavy (non-hydrogen) atoms. The highest BCUT2D eigenvalue weighted by molar-refractivity contribution is 5.95. The fourth-order valence-electron chi connectivity index (χ4n) is 3.13. The predicted molar refractivity (Wildman–Crippen MR) is 107 cm³/mol. The van der Waals surface area contributed by atoms with Gasteiger partial charge < -0.3 is 5.32 Å². The van der Waals surface area contributed by atoms with Gasteiger partial charge in [0.15, 0.2) is 0 Å². The molecule has 0 fully saturated rings. The molecule has 146 valence electrons. The Kier molecular flexibility index (Phi) is 4.66. The summed E-state index contributed by atoms with van der Waals surface area (Å²) in [6, 6.07) is 14.5. The topological polar surface area (TPSA) is 50.7 Å². The van der Waals surface area contributed by atoms with Gasteiger partial charge in [-0.1, -0.05) is 24.3 Å². The molecular formula is C22H17F3N4. The number of nitrogens with one attached hydrogen (secondary N) is 1. The molecule has 0 radical (unpaired) electrons. The van der Waals surface area contributed by atoms with Crippen LogP contribution >= 0.6 is 0 Å². The summed E-state index contributed by atoms with van der Waals surface area (Å²) in [5.41, 5.74) is 2.21. The van der Waals surface area contributed by atoms with Crippen molar-refractivity contribution in [2.75, 3.05) is 5.32 Å². The van der Waals surface area contributed by atoms with E-state index >= 15 is 0 Å². The Bertz CT molecular complexity index is 1190. The van der Waals surface area contributed by atoms with Gasteiger partial charge in [0.05, 0.1) is 11.3 Å². The SMILES string of the molecule is Cc1cc2c(Nc3cc(-c4ccc(C(F)(F)F)cc4)nc(C)n3)cccc2cn1. The standard InChI is InChI=1S/C22H17F3N4/c1-13-10-18-16(12-26-13)4-3-5-19(18)29-21-11-20(27-14(2)28-21)15-6-8-17(9-7-15)22(23,24)25/h3-12H,1-2H3,(H,27,28,29). The van der Waals surface area contributed by atoms with Gasteiger partial charge in [-0.25, -0.2) is 9.97 Å². The largest absolute Gasteiger partial charge is 0.416 e. The van der Waals surface area contributed by atoms with Crippen LogP contribution in [0.15, 0.2) is 60.8 Å². The first-order valence-corrected chi connectivity index (χ1v) is 8.95. The first-order valence-electron chi connectivity index (χ1n) is 8.95. The van der Waals surface area contributed by atoms with Crippen LogP contribution in [-0.2, 0) is 6.18 Å². The molecule has 4 rings (SSSR count). The van der Waals surface area contributed by atoms with Crippen molar-refractivity contribution < 1.29 is 13.2 Å². The number of aryl methyl sites for hydroxylation is 2. The van der Waals surface area contributed by atoms with E-state index in [0.717, 1.165) is 34.3 Å². The molecule has 0 saturated heterocycles. The van der Waals surface area contributed by atoms with Gasteiger partial charge in [-0.3, -0.25) is 4.98 Å². The molecule has 0 atom stereocenters. The van der Waals surface area contributed by atoms with Gasteiger partial charge in [0.1, 0.15) is 11.6 Å². The van der Waals surface area contributed by atoms with E-state index in [4.69, 9.17) is 0 Å². The fraction of sp³-hybridized carbons (Fsp3) is 0.136. The van der Waals surface area contributed by atoms with E-state index in [1.165, 1.54) is 12.1 Å². The zero-order valence-electron chi connectivity index (χ0n) is 15.7. The number of aromatic nitrogens is 3. The molecule has 7 heteroatoms. The Labute approximate surface area is 165 Å². The minimum atomic E-state index is -4.37. The zero-order valence-corrected chi connectivity index (χ0v) is 15.7. The Balaban J connectivity index is 1.70. The fourth-order valence-corrected chi connectivity index (χ4v) is 3.13. The van der Waals surface area contributed by atoms with Crippen LogP contribution in [0.2, 0.25) is 0 Å². The minimum absolute atomic E-state index is 0.517. The van der Waals surface area contributed by atoms with Gasteiger partial charge >= 0.3 is 6.18 Å². The third-order valence-corrected chi connectivity index (χ3v) is 4.51. The molecule has 0 unspecified atom stereocenters. The van der Waals surface area contributed by atoms with Gasteiger partial charge in [0, 0.05) is 40.0 Å². The maximum Gasteiger partial charge on any atom is 0.416 e. The molecule has 2 aromatic carbocycles. The Hall–Kier alpha value is -3.48. The summed E-state index contributed by atoms with van der Waals surface area (Å²) >= 11 is 0. The number of fused-ring (bicyclic) bond motifs is 1. The van der Waals surface area contributed by atoms with Gasteiger partial charge in [-0.15, -0.1) is 0 Å². The number of anilines is 2. The van der Waals surface area contributed by atoms with Gasteiger partial charge in [-0.2, -0.15) is 13.2 Å². The lowest BCUT2D eigenvalue weighted by Gasteiger charge is -2.12. The van der Waals surface area contributed by atoms with Crippen molar-refractivity contribution in [2.45, 2.75) is 20.0 Å². The number of halogens is 3. The Morgan fingerprint density at radius 1 is 0.897 bits per heavy atom. The summed E-state index contributed by atoms with van der Waals surface area (Å²) in [4.78, 5) is 13.1. The molecule has 2 aromatic heterocycles. The van der Waals surface area contributed by atoms with E-state index < -0.39 is 11.7 Å². The zero-order chi connectivity index (χ0) is 20.6. The highest BCUT2D eigenvalue weighted by Crippen LogP contribution is 2.31. The van der Waals surface area contributed by atoms with Crippen LogP contribution in [0.1, 0.15) is 17.1 Å². The average molecular weight is 394 g/mol. The van der Waals surface area contributed by atoms with Crippen molar-refractivity contribution in [2.24, 2.45) is 0 Å². The molecular weight excluding hydrogens is 377 g/mol. The lowest BCUT2D eigenvalue weighted by atomic mass is 10.1. The molecule has 4 aromatic rings. The minimum Gasteiger partial charge on any atom is -0.340 e. The van der Waals surface area contributed by atoms with Crippen molar-refractivity contribution in [3.63, 3.8) is 0 Å². The number of hydrogen-bond acceptors (Lipinski definition) is 4. The third kappa shape index (κ3) is 4.03. The Morgan fingerprint density at radius 2 is 1.66 bits per heavy atom. The van der Waals surface area contributed by atoms with Crippen LogP contribution < -0.4 is 5.32 Å². The van der Waals surface area contributed by atoms with Crippen LogP contribution in [0.3, 0.4) is 0 Å². The molecule has 4 nitrogen and oxygen atoms in total. The van der Waals surface area contributed by atoms with E-state index in [9.17, 15) is 13.2 Å². The first-order chi connectivity index (χ1) is 13.8. The monoisotopic (exact) mass is 394 g/mol. The average Bonchev–Trinajstić information content (AvgIpc) is 2.67. The molecule has 0 aliphatic heterocycles. The number of rotatable bonds is 3. The van der Waals surface area contributed by atoms with Crippen molar-refractivity contribution in [1.82, 2.24) is 15.0 Å². The summed E-state index contributed by atoms with van der Waals surface area (Å²) < 4.78 is 38.4. The summed E-state index contributed by atoms with van der Waals surface area (Å²) in [6.45, 7) is 3.67. The number of pyridine rings is 1. The quantitative estimate of drug-likeness (QED) is 0.458. The van der Waals surface area contributed by atoms with E-state index in [2.05, 4.69) is 20.3 Å². The van der Waals surface area contributed by atoms with Crippen molar-refractivity contribution in [3.05, 3.63) is 77.9 Å². The number of hydrogen-bond donors (Lipinski definition) is 1. The highest BCUT2D eigenvalue weighted by atomic mass is 19.4. The van der Waals surface area contributed by atoms with Crippen LogP contribution in [0.4, 0.5) is 24.7 Å². The van der Waals surface area contributed by atoms with Gasteiger partial charge in [0.25, 0.3) is 0 Å². The third-order valence-electron chi connectivity index (χ3n) is 4.51. The first kappa shape index (κ1) is 18.9. The van der Waals surface area contributed by atoms with Crippen LogP contribution in [-0.4, -0.2) is 15.0 Å². The van der Waals surface area contributed by atoms with E-state index in [1.54, 1.807) is 13.0 Å². The highest BCUT2D eigenvalue weighted by Gasteiger charge is 2.30. The Morgan fingerprint density at radius 3 is 2.38 bits per heavy atom. The van der Waals surface area contributed by atoms with E-state index in [1.807, 2.05) is 37.4 Å². The molecule has 0 saturated carbocycles. The number of alkyl halides is 3. The van der Waals surface area contributed by atoms with Crippen LogP contribution in [0.5, 0.6) is 0 Å². The summed E-state index contributed by atoms with van der Waals surface area (Å²) in [5, 5.41) is 5.30. The molecule has 0 spiro atoms. The molecule has 0 aliphatic carbocycles. The van der Waals surface area contributed by atoms with E-state index in [0.29, 0.717) is 22.9 Å². The van der Waals surface area contributed by atoms with Crippen LogP contribution in [0.25, 0.3) is 22.0 Å². The van der Waals surface area contributed by atoms with Crippen molar-refractivity contribution in [3.8, 4) is 11.3 Å². The normalized spacial score (nSPS) is 11.6. The smallest absolute Gasteiger partial charge is 0.340 e. The van der Waals surface area contributed by atoms with Gasteiger partial charge in [-0.05, 0) is 38.1 Å². The van der Waals surface area contributed by atoms with Crippen LogP contribution in [0, 0.1) is 13.8 Å². The maximum atomic E-state index is 12.8. The molecule has 1 N–H and O–H groups in total. The molecule has 0 amide bonds. The number of nitrogens with zero attached hydrogens (tertiary/aromatic N) is 3. The lowest BCUT2D eigenvalue weighted by Crippen LogP contribution is -2.04. The second-order valence-electron chi connectivity index (χ2n) is 6.74. The second kappa shape index (κ2) is 7.16. The summed E-state index contributed by atoms with van der Waals surface area (Å²) in [6.07, 6.45) is -2.55. The predicted octanol–water partition coefficient (Wildman–Crippen LogP) is 6.07. The second-order valence-corrected chi connectivity index (χ2v) is 6.74. The molecule has 0 bridgehead atoms. The van der Waals surface area contributed by atoms with E-state index in [-0.39, 0.29) is 0 Å². The van der Waals surface area contributed by atoms with Gasteiger partial charge in [0.2, 0.25) is 0 Å². The van der Waals surface area contributed by atoms with Crippen molar-refractivity contribution >= 4 is 22.3 Å². The maximum absolute atomic E-state index is 12.8. The summed E-state index contributed by atoms with van der Waals surface area (Å²) in [7, 11) is 0.